The second-order valence-electron chi connectivity index (χ2n) is 3.67. The van der Waals surface area contributed by atoms with Gasteiger partial charge in [0.25, 0.3) is 0 Å². The molecule has 4 nitrogen and oxygen atoms in total. The third-order valence-corrected chi connectivity index (χ3v) is 2.67. The number of methoxy groups -OCH3 is 2. The molecular formula is C12H18ClNO3. The summed E-state index contributed by atoms with van der Waals surface area (Å²) in [6.07, 6.45) is -0.00930. The SMILES string of the molecule is COc1cc(CN)cc(Cl)c1OCC(C)OC. The van der Waals surface area contributed by atoms with E-state index in [0.29, 0.717) is 29.7 Å². The van der Waals surface area contributed by atoms with E-state index in [2.05, 4.69) is 0 Å². The van der Waals surface area contributed by atoms with Crippen LogP contribution in [0.2, 0.25) is 5.02 Å². The molecule has 2 N–H and O–H groups in total. The Morgan fingerprint density at radius 1 is 1.35 bits per heavy atom. The van der Waals surface area contributed by atoms with Crippen molar-refractivity contribution in [2.45, 2.75) is 19.6 Å². The van der Waals surface area contributed by atoms with E-state index in [1.54, 1.807) is 20.3 Å². The Morgan fingerprint density at radius 2 is 2.06 bits per heavy atom. The van der Waals surface area contributed by atoms with Crippen molar-refractivity contribution in [3.05, 3.63) is 22.7 Å². The number of hydrogen-bond acceptors (Lipinski definition) is 4. The smallest absolute Gasteiger partial charge is 0.179 e. The highest BCUT2D eigenvalue weighted by molar-refractivity contribution is 6.32. The lowest BCUT2D eigenvalue weighted by Crippen LogP contribution is -2.16. The van der Waals surface area contributed by atoms with Gasteiger partial charge in [-0.05, 0) is 24.6 Å². The molecular weight excluding hydrogens is 242 g/mol. The summed E-state index contributed by atoms with van der Waals surface area (Å²) in [7, 11) is 3.20. The zero-order chi connectivity index (χ0) is 12.8. The number of rotatable bonds is 6. The number of halogens is 1. The fourth-order valence-corrected chi connectivity index (χ4v) is 1.59. The molecule has 0 saturated carbocycles. The van der Waals surface area contributed by atoms with Crippen molar-refractivity contribution < 1.29 is 14.2 Å². The van der Waals surface area contributed by atoms with Crippen LogP contribution in [0.5, 0.6) is 11.5 Å². The maximum atomic E-state index is 6.12. The van der Waals surface area contributed by atoms with Gasteiger partial charge in [-0.3, -0.25) is 0 Å². The third-order valence-electron chi connectivity index (χ3n) is 2.39. The first-order valence-corrected chi connectivity index (χ1v) is 5.72. The second kappa shape index (κ2) is 6.69. The summed E-state index contributed by atoms with van der Waals surface area (Å²) in [4.78, 5) is 0. The molecule has 0 saturated heterocycles. The molecule has 0 aliphatic heterocycles. The number of nitrogens with two attached hydrogens (primary N) is 1. The average molecular weight is 260 g/mol. The third kappa shape index (κ3) is 3.77. The Morgan fingerprint density at radius 3 is 2.59 bits per heavy atom. The van der Waals surface area contributed by atoms with Gasteiger partial charge in [-0.15, -0.1) is 0 Å². The molecule has 0 amide bonds. The Balaban J connectivity index is 2.89. The quantitative estimate of drug-likeness (QED) is 0.851. The van der Waals surface area contributed by atoms with Gasteiger partial charge in [-0.2, -0.15) is 0 Å². The molecule has 1 rings (SSSR count). The summed E-state index contributed by atoms with van der Waals surface area (Å²) < 4.78 is 15.9. The van der Waals surface area contributed by atoms with Crippen molar-refractivity contribution >= 4 is 11.6 Å². The highest BCUT2D eigenvalue weighted by Gasteiger charge is 2.12. The van der Waals surface area contributed by atoms with Gasteiger partial charge in [0, 0.05) is 13.7 Å². The van der Waals surface area contributed by atoms with Gasteiger partial charge in [0.2, 0.25) is 0 Å². The first-order chi connectivity index (χ1) is 8.12. The largest absolute Gasteiger partial charge is 0.493 e. The molecule has 0 aliphatic carbocycles. The summed E-state index contributed by atoms with van der Waals surface area (Å²) in [5.74, 6) is 1.11. The van der Waals surface area contributed by atoms with E-state index in [1.165, 1.54) is 0 Å². The maximum Gasteiger partial charge on any atom is 0.179 e. The zero-order valence-electron chi connectivity index (χ0n) is 10.3. The monoisotopic (exact) mass is 259 g/mol. The minimum atomic E-state index is -0.00930. The van der Waals surface area contributed by atoms with Crippen LogP contribution in [0.3, 0.4) is 0 Å². The van der Waals surface area contributed by atoms with Crippen LogP contribution in [0.25, 0.3) is 0 Å². The van der Waals surface area contributed by atoms with Gasteiger partial charge in [-0.1, -0.05) is 11.6 Å². The summed E-state index contributed by atoms with van der Waals surface area (Å²) in [5, 5.41) is 0.494. The molecule has 0 heterocycles. The minimum Gasteiger partial charge on any atom is -0.493 e. The summed E-state index contributed by atoms with van der Waals surface area (Å²) in [5.41, 5.74) is 6.46. The van der Waals surface area contributed by atoms with Gasteiger partial charge >= 0.3 is 0 Å². The van der Waals surface area contributed by atoms with E-state index in [4.69, 9.17) is 31.5 Å². The fourth-order valence-electron chi connectivity index (χ4n) is 1.30. The topological polar surface area (TPSA) is 53.7 Å². The highest BCUT2D eigenvalue weighted by Crippen LogP contribution is 2.36. The Bertz CT molecular complexity index is 371. The maximum absolute atomic E-state index is 6.12. The van der Waals surface area contributed by atoms with Crippen molar-refractivity contribution in [3.63, 3.8) is 0 Å². The van der Waals surface area contributed by atoms with Crippen molar-refractivity contribution in [2.75, 3.05) is 20.8 Å². The van der Waals surface area contributed by atoms with Crippen LogP contribution >= 0.6 is 11.6 Å². The van der Waals surface area contributed by atoms with Crippen LogP contribution in [0.15, 0.2) is 12.1 Å². The zero-order valence-corrected chi connectivity index (χ0v) is 11.1. The van der Waals surface area contributed by atoms with Crippen LogP contribution in [0, 0.1) is 0 Å². The minimum absolute atomic E-state index is 0.00930. The van der Waals surface area contributed by atoms with E-state index < -0.39 is 0 Å². The molecule has 1 atom stereocenters. The van der Waals surface area contributed by atoms with Crippen molar-refractivity contribution in [3.8, 4) is 11.5 Å². The number of hydrogen-bond donors (Lipinski definition) is 1. The molecule has 0 aliphatic rings. The van der Waals surface area contributed by atoms with Crippen LogP contribution in [-0.4, -0.2) is 26.9 Å². The van der Waals surface area contributed by atoms with E-state index >= 15 is 0 Å². The molecule has 0 spiro atoms. The van der Waals surface area contributed by atoms with Gasteiger partial charge < -0.3 is 19.9 Å². The molecule has 0 radical (unpaired) electrons. The fraction of sp³-hybridized carbons (Fsp3) is 0.500. The molecule has 1 aromatic carbocycles. The Kier molecular flexibility index (Phi) is 5.55. The summed E-state index contributed by atoms with van der Waals surface area (Å²) in [6, 6.07) is 3.59. The molecule has 0 bridgehead atoms. The van der Waals surface area contributed by atoms with Crippen molar-refractivity contribution in [2.24, 2.45) is 5.73 Å². The lowest BCUT2D eigenvalue weighted by atomic mass is 10.2. The molecule has 1 aromatic rings. The van der Waals surface area contributed by atoms with Gasteiger partial charge in [0.05, 0.1) is 18.2 Å². The van der Waals surface area contributed by atoms with Crippen LogP contribution in [0.4, 0.5) is 0 Å². The lowest BCUT2D eigenvalue weighted by molar-refractivity contribution is 0.0706. The average Bonchev–Trinajstić information content (AvgIpc) is 2.35. The van der Waals surface area contributed by atoms with Crippen molar-refractivity contribution in [1.82, 2.24) is 0 Å². The summed E-state index contributed by atoms with van der Waals surface area (Å²) >= 11 is 6.12. The highest BCUT2D eigenvalue weighted by atomic mass is 35.5. The van der Waals surface area contributed by atoms with E-state index in [-0.39, 0.29) is 6.10 Å². The molecule has 96 valence electrons. The normalized spacial score (nSPS) is 12.3. The Labute approximate surface area is 107 Å². The van der Waals surface area contributed by atoms with Gasteiger partial charge in [0.1, 0.15) is 6.61 Å². The van der Waals surface area contributed by atoms with Crippen LogP contribution < -0.4 is 15.2 Å². The van der Waals surface area contributed by atoms with Crippen molar-refractivity contribution in [1.29, 1.82) is 0 Å². The first-order valence-electron chi connectivity index (χ1n) is 5.34. The Hall–Kier alpha value is -0.970. The van der Waals surface area contributed by atoms with E-state index in [9.17, 15) is 0 Å². The molecule has 1 unspecified atom stereocenters. The van der Waals surface area contributed by atoms with Crippen LogP contribution in [-0.2, 0) is 11.3 Å². The molecule has 0 aromatic heterocycles. The summed E-state index contributed by atoms with van der Waals surface area (Å²) in [6.45, 7) is 2.73. The van der Waals surface area contributed by atoms with Gasteiger partial charge in [-0.25, -0.2) is 0 Å². The molecule has 17 heavy (non-hydrogen) atoms. The number of benzene rings is 1. The van der Waals surface area contributed by atoms with E-state index in [0.717, 1.165) is 5.56 Å². The standard InChI is InChI=1S/C12H18ClNO3/c1-8(15-2)7-17-12-10(13)4-9(6-14)5-11(12)16-3/h4-5,8H,6-7,14H2,1-3H3. The molecule has 5 heteroatoms. The number of ether oxygens (including phenoxy) is 3. The van der Waals surface area contributed by atoms with Gasteiger partial charge in [0.15, 0.2) is 11.5 Å². The predicted molar refractivity (Wildman–Crippen MR) is 67.9 cm³/mol. The predicted octanol–water partition coefficient (Wildman–Crippen LogP) is 2.22. The van der Waals surface area contributed by atoms with Crippen LogP contribution in [0.1, 0.15) is 12.5 Å². The second-order valence-corrected chi connectivity index (χ2v) is 4.08. The lowest BCUT2D eigenvalue weighted by Gasteiger charge is -2.16. The first kappa shape index (κ1) is 14.1. The molecule has 0 fully saturated rings. The van der Waals surface area contributed by atoms with E-state index in [1.807, 2.05) is 13.0 Å².